The fourth-order valence-electron chi connectivity index (χ4n) is 1.50. The second kappa shape index (κ2) is 5.78. The van der Waals surface area contributed by atoms with Crippen molar-refractivity contribution in [3.8, 4) is 0 Å². The molecule has 84 valence electrons. The third-order valence-electron chi connectivity index (χ3n) is 2.53. The molecular formula is C12H18ClNS. The van der Waals surface area contributed by atoms with Gasteiger partial charge in [-0.05, 0) is 24.0 Å². The van der Waals surface area contributed by atoms with Crippen LogP contribution in [0.5, 0.6) is 0 Å². The van der Waals surface area contributed by atoms with E-state index < -0.39 is 0 Å². The number of halogens is 1. The Morgan fingerprint density at radius 1 is 1.27 bits per heavy atom. The fourth-order valence-corrected chi connectivity index (χ4v) is 2.01. The first-order valence-electron chi connectivity index (χ1n) is 5.01. The van der Waals surface area contributed by atoms with Gasteiger partial charge in [-0.1, -0.05) is 26.0 Å². The molecule has 0 amide bonds. The molecule has 1 nitrogen and oxygen atoms in total. The van der Waals surface area contributed by atoms with E-state index in [1.807, 2.05) is 0 Å². The van der Waals surface area contributed by atoms with Crippen molar-refractivity contribution >= 4 is 23.4 Å². The van der Waals surface area contributed by atoms with E-state index in [9.17, 15) is 0 Å². The molecule has 0 aromatic heterocycles. The first-order chi connectivity index (χ1) is 7.10. The van der Waals surface area contributed by atoms with Crippen molar-refractivity contribution in [3.63, 3.8) is 0 Å². The van der Waals surface area contributed by atoms with Gasteiger partial charge in [-0.3, -0.25) is 0 Å². The average molecular weight is 244 g/mol. The molecule has 15 heavy (non-hydrogen) atoms. The molecule has 3 heteroatoms. The van der Waals surface area contributed by atoms with E-state index in [4.69, 9.17) is 11.6 Å². The highest BCUT2D eigenvalue weighted by atomic mass is 35.5. The Labute approximate surface area is 102 Å². The molecular weight excluding hydrogens is 226 g/mol. The summed E-state index contributed by atoms with van der Waals surface area (Å²) in [5.41, 5.74) is 1.48. The highest BCUT2D eigenvalue weighted by Gasteiger charge is 2.19. The van der Waals surface area contributed by atoms with E-state index in [2.05, 4.69) is 49.7 Å². The zero-order valence-electron chi connectivity index (χ0n) is 9.51. The summed E-state index contributed by atoms with van der Waals surface area (Å²) in [5, 5.41) is 3.18. The molecule has 0 radical (unpaired) electrons. The lowest BCUT2D eigenvalue weighted by molar-refractivity contribution is 0.489. The van der Waals surface area contributed by atoms with E-state index in [0.29, 0.717) is 6.00 Å². The summed E-state index contributed by atoms with van der Waals surface area (Å²) >= 11 is 7.40. The van der Waals surface area contributed by atoms with Gasteiger partial charge in [-0.25, -0.2) is 0 Å². The largest absolute Gasteiger partial charge is 0.303 e. The number of hydrogen-bond donors (Lipinski definition) is 1. The molecule has 0 aliphatic rings. The number of rotatable bonds is 5. The molecule has 0 aliphatic heterocycles. The molecule has 0 aliphatic carbocycles. The summed E-state index contributed by atoms with van der Waals surface area (Å²) in [6.07, 6.45) is 2.09. The Kier molecular flexibility index (Phi) is 4.97. The Morgan fingerprint density at radius 2 is 1.87 bits per heavy atom. The van der Waals surface area contributed by atoms with Crippen molar-refractivity contribution in [2.45, 2.75) is 24.2 Å². The lowest BCUT2D eigenvalue weighted by Gasteiger charge is -2.25. The predicted octanol–water partition coefficient (Wildman–Crippen LogP) is 3.47. The van der Waals surface area contributed by atoms with Gasteiger partial charge in [0.25, 0.3) is 0 Å². The van der Waals surface area contributed by atoms with Gasteiger partial charge in [0.05, 0.1) is 6.00 Å². The highest BCUT2D eigenvalue weighted by Crippen LogP contribution is 2.24. The molecule has 0 saturated heterocycles. The Hall–Kier alpha value is -0.180. The molecule has 0 heterocycles. The van der Waals surface area contributed by atoms with Crippen molar-refractivity contribution in [2.24, 2.45) is 0 Å². The van der Waals surface area contributed by atoms with Crippen LogP contribution in [0.4, 0.5) is 0 Å². The van der Waals surface area contributed by atoms with Gasteiger partial charge < -0.3 is 5.32 Å². The van der Waals surface area contributed by atoms with Gasteiger partial charge in [-0.15, -0.1) is 23.4 Å². The van der Waals surface area contributed by atoms with Crippen molar-refractivity contribution in [1.82, 2.24) is 5.32 Å². The summed E-state index contributed by atoms with van der Waals surface area (Å²) in [4.78, 5) is 1.31. The van der Waals surface area contributed by atoms with Crippen LogP contribution in [0.1, 0.15) is 19.4 Å². The van der Waals surface area contributed by atoms with Crippen LogP contribution in [-0.4, -0.2) is 18.8 Å². The minimum atomic E-state index is 0.131. The number of thioether (sulfide) groups is 1. The quantitative estimate of drug-likeness (QED) is 0.483. The number of nitrogens with one attached hydrogen (secondary N) is 1. The van der Waals surface area contributed by atoms with Gasteiger partial charge >= 0.3 is 0 Å². The smallest absolute Gasteiger partial charge is 0.0713 e. The Morgan fingerprint density at radius 3 is 2.33 bits per heavy atom. The van der Waals surface area contributed by atoms with Crippen molar-refractivity contribution in [3.05, 3.63) is 29.8 Å². The molecule has 0 spiro atoms. The maximum Gasteiger partial charge on any atom is 0.0713 e. The van der Waals surface area contributed by atoms with Crippen LogP contribution in [0.2, 0.25) is 0 Å². The third-order valence-corrected chi connectivity index (χ3v) is 3.47. The van der Waals surface area contributed by atoms with Gasteiger partial charge in [-0.2, -0.15) is 0 Å². The van der Waals surface area contributed by atoms with E-state index in [1.165, 1.54) is 10.5 Å². The zero-order chi connectivity index (χ0) is 11.3. The SMILES string of the molecule is CSc1ccc(C(C)(C)CNCCl)cc1. The highest BCUT2D eigenvalue weighted by molar-refractivity contribution is 7.98. The van der Waals surface area contributed by atoms with Gasteiger partial charge in [0.1, 0.15) is 0 Å². The molecule has 1 aromatic carbocycles. The first-order valence-corrected chi connectivity index (χ1v) is 6.77. The molecule has 1 rings (SSSR count). The standard InChI is InChI=1S/C12H18ClNS/c1-12(2,8-14-9-13)10-4-6-11(15-3)7-5-10/h4-7,14H,8-9H2,1-3H3. The van der Waals surface area contributed by atoms with Crippen molar-refractivity contribution < 1.29 is 0 Å². The predicted molar refractivity (Wildman–Crippen MR) is 70.0 cm³/mol. The van der Waals surface area contributed by atoms with Gasteiger partial charge in [0.2, 0.25) is 0 Å². The molecule has 1 N–H and O–H groups in total. The maximum atomic E-state index is 5.63. The lowest BCUT2D eigenvalue weighted by Crippen LogP contribution is -2.32. The topological polar surface area (TPSA) is 12.0 Å². The first kappa shape index (κ1) is 12.9. The summed E-state index contributed by atoms with van der Waals surface area (Å²) < 4.78 is 0. The summed E-state index contributed by atoms with van der Waals surface area (Å²) in [7, 11) is 0. The van der Waals surface area contributed by atoms with Gasteiger partial charge in [0, 0.05) is 16.9 Å². The van der Waals surface area contributed by atoms with E-state index in [0.717, 1.165) is 6.54 Å². The summed E-state index contributed by atoms with van der Waals surface area (Å²) in [6, 6.07) is 9.24. The van der Waals surface area contributed by atoms with Crippen LogP contribution in [0.3, 0.4) is 0 Å². The summed E-state index contributed by atoms with van der Waals surface area (Å²) in [5.74, 6) is 0. The maximum absolute atomic E-state index is 5.63. The van der Waals surface area contributed by atoms with Crippen LogP contribution in [0.25, 0.3) is 0 Å². The second-order valence-corrected chi connectivity index (χ2v) is 5.32. The van der Waals surface area contributed by atoms with Crippen LogP contribution in [0, 0.1) is 0 Å². The van der Waals surface area contributed by atoms with E-state index >= 15 is 0 Å². The normalized spacial score (nSPS) is 11.7. The van der Waals surface area contributed by atoms with Crippen molar-refractivity contribution in [1.29, 1.82) is 0 Å². The zero-order valence-corrected chi connectivity index (χ0v) is 11.1. The van der Waals surface area contributed by atoms with Crippen LogP contribution < -0.4 is 5.32 Å². The lowest BCUT2D eigenvalue weighted by atomic mass is 9.85. The number of hydrogen-bond acceptors (Lipinski definition) is 2. The minimum Gasteiger partial charge on any atom is -0.303 e. The van der Waals surface area contributed by atoms with Crippen LogP contribution in [-0.2, 0) is 5.41 Å². The Balaban J connectivity index is 2.75. The van der Waals surface area contributed by atoms with E-state index in [1.54, 1.807) is 11.8 Å². The molecule has 0 saturated carbocycles. The molecule has 0 bridgehead atoms. The monoisotopic (exact) mass is 243 g/mol. The summed E-state index contributed by atoms with van der Waals surface area (Å²) in [6.45, 7) is 5.34. The molecule has 1 aromatic rings. The molecule has 0 fully saturated rings. The molecule has 0 atom stereocenters. The third kappa shape index (κ3) is 3.71. The Bertz CT molecular complexity index is 295. The van der Waals surface area contributed by atoms with Crippen LogP contribution in [0.15, 0.2) is 29.2 Å². The number of benzene rings is 1. The average Bonchev–Trinajstić information content (AvgIpc) is 2.26. The number of alkyl halides is 1. The second-order valence-electron chi connectivity index (χ2n) is 4.17. The molecule has 0 unspecified atom stereocenters. The van der Waals surface area contributed by atoms with Gasteiger partial charge in [0.15, 0.2) is 0 Å². The fraction of sp³-hybridized carbons (Fsp3) is 0.500. The van der Waals surface area contributed by atoms with Crippen molar-refractivity contribution in [2.75, 3.05) is 18.8 Å². The van der Waals surface area contributed by atoms with E-state index in [-0.39, 0.29) is 5.41 Å². The van der Waals surface area contributed by atoms with Crippen LogP contribution >= 0.6 is 23.4 Å². The minimum absolute atomic E-state index is 0.131.